The Kier molecular flexibility index (Phi) is 3.23. The summed E-state index contributed by atoms with van der Waals surface area (Å²) in [6, 6.07) is 3.79. The quantitative estimate of drug-likeness (QED) is 0.740. The molecular formula is C18H17FN4O. The Hall–Kier alpha value is -2.63. The first kappa shape index (κ1) is 14.9. The van der Waals surface area contributed by atoms with E-state index < -0.39 is 5.67 Å². The number of fused-ring (bicyclic) bond motifs is 1. The second-order valence-corrected chi connectivity index (χ2v) is 6.41. The summed E-state index contributed by atoms with van der Waals surface area (Å²) >= 11 is 0. The number of carbonyl (C=O) groups excluding carboxylic acids is 1. The number of aryl methyl sites for hydroxylation is 1. The fraction of sp³-hybridized carbons (Fsp3) is 0.333. The summed E-state index contributed by atoms with van der Waals surface area (Å²) in [5, 5.41) is 1.82. The van der Waals surface area contributed by atoms with Crippen LogP contribution in [0.3, 0.4) is 0 Å². The first-order valence-corrected chi connectivity index (χ1v) is 7.92. The predicted molar refractivity (Wildman–Crippen MR) is 88.3 cm³/mol. The second-order valence-electron chi connectivity index (χ2n) is 6.41. The molecule has 0 unspecified atom stereocenters. The van der Waals surface area contributed by atoms with Crippen LogP contribution in [0.5, 0.6) is 0 Å². The Morgan fingerprint density at radius 2 is 1.92 bits per heavy atom. The van der Waals surface area contributed by atoms with Gasteiger partial charge in [-0.25, -0.2) is 9.37 Å². The molecule has 1 fully saturated rings. The lowest BCUT2D eigenvalue weighted by Gasteiger charge is -2.07. The summed E-state index contributed by atoms with van der Waals surface area (Å²) in [7, 11) is 1.94. The first-order valence-electron chi connectivity index (χ1n) is 7.92. The number of carbonyl (C=O) groups is 1. The van der Waals surface area contributed by atoms with Crippen molar-refractivity contribution in [2.75, 3.05) is 0 Å². The molecule has 0 aromatic carbocycles. The molecule has 5 nitrogen and oxygen atoms in total. The van der Waals surface area contributed by atoms with Crippen LogP contribution >= 0.6 is 0 Å². The fourth-order valence-corrected chi connectivity index (χ4v) is 2.77. The fourth-order valence-electron chi connectivity index (χ4n) is 2.77. The molecule has 0 bridgehead atoms. The summed E-state index contributed by atoms with van der Waals surface area (Å²) in [5.41, 5.74) is 0.712. The van der Waals surface area contributed by atoms with Gasteiger partial charge in [-0.05, 0) is 37.3 Å². The molecule has 0 amide bonds. The highest BCUT2D eigenvalue weighted by molar-refractivity contribution is 5.92. The third kappa shape index (κ3) is 2.48. The summed E-state index contributed by atoms with van der Waals surface area (Å²) in [6.07, 6.45) is 5.94. The van der Waals surface area contributed by atoms with Gasteiger partial charge in [0.05, 0.1) is 24.0 Å². The molecule has 24 heavy (non-hydrogen) atoms. The Bertz CT molecular complexity index is 959. The van der Waals surface area contributed by atoms with Gasteiger partial charge in [-0.3, -0.25) is 14.8 Å². The third-order valence-corrected chi connectivity index (χ3v) is 4.67. The molecule has 122 valence electrons. The summed E-state index contributed by atoms with van der Waals surface area (Å²) in [5.74, 6) is 0.538. The molecule has 1 aliphatic rings. The van der Waals surface area contributed by atoms with Crippen LogP contribution in [-0.4, -0.2) is 31.0 Å². The van der Waals surface area contributed by atoms with E-state index in [1.54, 1.807) is 18.6 Å². The number of hydrogen-bond donors (Lipinski definition) is 0. The summed E-state index contributed by atoms with van der Waals surface area (Å²) in [4.78, 5) is 24.9. The number of pyridine rings is 2. The minimum absolute atomic E-state index is 0.0366. The highest BCUT2D eigenvalue weighted by Crippen LogP contribution is 2.41. The minimum atomic E-state index is -1.60. The number of Topliss-reactive ketones (excluding diaryl/α,β-unsaturated/α-hetero) is 1. The van der Waals surface area contributed by atoms with E-state index in [4.69, 9.17) is 0 Å². The standard InChI is InChI=1S/C18H17FN4O/c1-11-20-10-16(23(11)2)15-6-12-5-14(21-8-13(12)9-22-15)7-17(24)18(19)3-4-18/h5-6,8-10H,3-4,7H2,1-2H3. The average Bonchev–Trinajstić information content (AvgIpc) is 3.24. The van der Waals surface area contributed by atoms with Crippen molar-refractivity contribution in [1.82, 2.24) is 19.5 Å². The van der Waals surface area contributed by atoms with Gasteiger partial charge in [0.15, 0.2) is 11.5 Å². The van der Waals surface area contributed by atoms with Crippen LogP contribution in [0.1, 0.15) is 24.4 Å². The second kappa shape index (κ2) is 5.19. The van der Waals surface area contributed by atoms with E-state index in [-0.39, 0.29) is 12.2 Å². The van der Waals surface area contributed by atoms with Gasteiger partial charge in [0.2, 0.25) is 0 Å². The molecule has 0 atom stereocenters. The smallest absolute Gasteiger partial charge is 0.175 e. The Morgan fingerprint density at radius 3 is 2.58 bits per heavy atom. The normalized spacial score (nSPS) is 15.6. The van der Waals surface area contributed by atoms with E-state index in [0.29, 0.717) is 18.5 Å². The van der Waals surface area contributed by atoms with Gasteiger partial charge in [-0.1, -0.05) is 0 Å². The summed E-state index contributed by atoms with van der Waals surface area (Å²) < 4.78 is 15.8. The highest BCUT2D eigenvalue weighted by atomic mass is 19.1. The Balaban J connectivity index is 1.70. The number of rotatable bonds is 4. The van der Waals surface area contributed by atoms with Crippen LogP contribution in [0, 0.1) is 6.92 Å². The maximum Gasteiger partial charge on any atom is 0.175 e. The molecule has 0 saturated heterocycles. The van der Waals surface area contributed by atoms with Crippen LogP contribution in [-0.2, 0) is 18.3 Å². The lowest BCUT2D eigenvalue weighted by Crippen LogP contribution is -2.19. The molecule has 6 heteroatoms. The third-order valence-electron chi connectivity index (χ3n) is 4.67. The van der Waals surface area contributed by atoms with Crippen molar-refractivity contribution in [2.45, 2.75) is 31.9 Å². The maximum atomic E-state index is 13.8. The zero-order valence-electron chi connectivity index (χ0n) is 13.6. The number of halogens is 1. The van der Waals surface area contributed by atoms with Gasteiger partial charge >= 0.3 is 0 Å². The number of aromatic nitrogens is 4. The van der Waals surface area contributed by atoms with E-state index in [1.165, 1.54) is 0 Å². The average molecular weight is 324 g/mol. The van der Waals surface area contributed by atoms with Crippen LogP contribution < -0.4 is 0 Å². The Labute approximate surface area is 138 Å². The van der Waals surface area contributed by atoms with Crippen LogP contribution in [0.25, 0.3) is 22.2 Å². The van der Waals surface area contributed by atoms with Crippen molar-refractivity contribution < 1.29 is 9.18 Å². The zero-order valence-corrected chi connectivity index (χ0v) is 13.6. The number of hydrogen-bond acceptors (Lipinski definition) is 4. The maximum absolute atomic E-state index is 13.8. The van der Waals surface area contributed by atoms with Crippen molar-refractivity contribution in [1.29, 1.82) is 0 Å². The van der Waals surface area contributed by atoms with Crippen LogP contribution in [0.2, 0.25) is 0 Å². The van der Waals surface area contributed by atoms with Gasteiger partial charge < -0.3 is 4.57 Å². The van der Waals surface area contributed by atoms with Gasteiger partial charge in [-0.15, -0.1) is 0 Å². The topological polar surface area (TPSA) is 60.7 Å². The van der Waals surface area contributed by atoms with Crippen molar-refractivity contribution in [3.63, 3.8) is 0 Å². The van der Waals surface area contributed by atoms with E-state index in [0.717, 1.165) is 28.0 Å². The van der Waals surface area contributed by atoms with Gasteiger partial charge in [0.25, 0.3) is 0 Å². The Morgan fingerprint density at radius 1 is 1.17 bits per heavy atom. The van der Waals surface area contributed by atoms with Crippen LogP contribution in [0.4, 0.5) is 4.39 Å². The molecule has 1 aliphatic carbocycles. The largest absolute Gasteiger partial charge is 0.330 e. The number of imidazole rings is 1. The lowest BCUT2D eigenvalue weighted by atomic mass is 10.1. The highest BCUT2D eigenvalue weighted by Gasteiger charge is 2.49. The van der Waals surface area contributed by atoms with Gasteiger partial charge in [-0.2, -0.15) is 0 Å². The van der Waals surface area contributed by atoms with E-state index in [2.05, 4.69) is 15.0 Å². The van der Waals surface area contributed by atoms with E-state index in [1.807, 2.05) is 30.7 Å². The van der Waals surface area contributed by atoms with Crippen LogP contribution in [0.15, 0.2) is 30.7 Å². The molecular weight excluding hydrogens is 307 g/mol. The molecule has 1 saturated carbocycles. The van der Waals surface area contributed by atoms with Crippen molar-refractivity contribution in [3.05, 3.63) is 42.2 Å². The summed E-state index contributed by atoms with van der Waals surface area (Å²) in [6.45, 7) is 1.93. The van der Waals surface area contributed by atoms with Gasteiger partial charge in [0, 0.05) is 30.5 Å². The molecule has 3 heterocycles. The lowest BCUT2D eigenvalue weighted by molar-refractivity contribution is -0.124. The SMILES string of the molecule is Cc1ncc(-c2cc3cc(CC(=O)C4(F)CC4)ncc3cn2)n1C. The van der Waals surface area contributed by atoms with Crippen molar-refractivity contribution in [2.24, 2.45) is 7.05 Å². The first-order chi connectivity index (χ1) is 11.5. The molecule has 0 aliphatic heterocycles. The predicted octanol–water partition coefficient (Wildman–Crippen LogP) is 2.95. The number of alkyl halides is 1. The molecule has 0 radical (unpaired) electrons. The van der Waals surface area contributed by atoms with E-state index >= 15 is 0 Å². The number of nitrogens with zero attached hydrogens (tertiary/aromatic N) is 4. The molecule has 0 N–H and O–H groups in total. The zero-order chi connectivity index (χ0) is 16.9. The van der Waals surface area contributed by atoms with E-state index in [9.17, 15) is 9.18 Å². The number of ketones is 1. The van der Waals surface area contributed by atoms with Gasteiger partial charge in [0.1, 0.15) is 5.82 Å². The van der Waals surface area contributed by atoms with Crippen molar-refractivity contribution >= 4 is 16.6 Å². The molecule has 3 aromatic heterocycles. The monoisotopic (exact) mass is 324 g/mol. The minimum Gasteiger partial charge on any atom is -0.330 e. The molecule has 4 rings (SSSR count). The van der Waals surface area contributed by atoms with Crippen molar-refractivity contribution in [3.8, 4) is 11.4 Å². The molecule has 3 aromatic rings. The molecule has 0 spiro atoms.